The number of nitrogens with zero attached hydrogens (tertiary/aromatic N) is 4. The summed E-state index contributed by atoms with van der Waals surface area (Å²) in [6.07, 6.45) is 5.84. The smallest absolute Gasteiger partial charge is 0.223 e. The van der Waals surface area contributed by atoms with Gasteiger partial charge in [-0.05, 0) is 55.6 Å². The third kappa shape index (κ3) is 4.57. The molecule has 0 amide bonds. The summed E-state index contributed by atoms with van der Waals surface area (Å²) in [4.78, 5) is 16.5. The molecule has 7 nitrogen and oxygen atoms in total. The van der Waals surface area contributed by atoms with Gasteiger partial charge in [0.05, 0.1) is 0 Å². The fourth-order valence-electron chi connectivity index (χ4n) is 4.25. The number of benzene rings is 1. The van der Waals surface area contributed by atoms with E-state index < -0.39 is 0 Å². The average molecular weight is 438 g/mol. The van der Waals surface area contributed by atoms with Crippen LogP contribution < -0.4 is 21.3 Å². The van der Waals surface area contributed by atoms with Crippen LogP contribution in [0.15, 0.2) is 58.6 Å². The second-order valence-corrected chi connectivity index (χ2v) is 9.01. The molecule has 5 rings (SSSR count). The fraction of sp³-hybridized carbons (Fsp3) is 0.318. The van der Waals surface area contributed by atoms with Crippen LogP contribution in [0.3, 0.4) is 0 Å². The quantitative estimate of drug-likeness (QED) is 0.557. The molecule has 2 saturated heterocycles. The minimum absolute atomic E-state index is 0.202. The molecule has 2 aliphatic heterocycles. The number of nitrogens with one attached hydrogen (secondary N) is 2. The van der Waals surface area contributed by atoms with Crippen molar-refractivity contribution in [3.8, 4) is 0 Å². The molecule has 1 aromatic carbocycles. The maximum absolute atomic E-state index is 14.7. The second kappa shape index (κ2) is 8.68. The van der Waals surface area contributed by atoms with Crippen molar-refractivity contribution >= 4 is 35.0 Å². The van der Waals surface area contributed by atoms with E-state index in [9.17, 15) is 4.39 Å². The van der Waals surface area contributed by atoms with Crippen molar-refractivity contribution < 1.29 is 4.39 Å². The van der Waals surface area contributed by atoms with Gasteiger partial charge in [-0.1, -0.05) is 11.8 Å². The molecular weight excluding hydrogens is 413 g/mol. The molecule has 0 radical (unpaired) electrons. The van der Waals surface area contributed by atoms with E-state index in [1.54, 1.807) is 18.5 Å². The lowest BCUT2D eigenvalue weighted by Crippen LogP contribution is -2.40. The summed E-state index contributed by atoms with van der Waals surface area (Å²) in [5.74, 6) is 1.90. The molecule has 2 aliphatic rings. The van der Waals surface area contributed by atoms with Gasteiger partial charge in [0.1, 0.15) is 17.5 Å². The lowest BCUT2D eigenvalue weighted by Gasteiger charge is -2.24. The fourth-order valence-corrected chi connectivity index (χ4v) is 5.06. The SMILES string of the molecule is Nc1nc(Nc2ccc(Sc3ccncc3)c(F)c2)cc(N2CC3CCCNC3C2)n1. The van der Waals surface area contributed by atoms with Crippen molar-refractivity contribution in [3.63, 3.8) is 0 Å². The number of fused-ring (bicyclic) bond motifs is 1. The van der Waals surface area contributed by atoms with Crippen molar-refractivity contribution in [1.29, 1.82) is 0 Å². The Labute approximate surface area is 184 Å². The van der Waals surface area contributed by atoms with Crippen molar-refractivity contribution in [2.45, 2.75) is 28.7 Å². The number of anilines is 4. The van der Waals surface area contributed by atoms with Gasteiger partial charge < -0.3 is 21.3 Å². The van der Waals surface area contributed by atoms with Crippen LogP contribution in [0.2, 0.25) is 0 Å². The van der Waals surface area contributed by atoms with Crippen LogP contribution in [0.25, 0.3) is 0 Å². The minimum Gasteiger partial charge on any atom is -0.368 e. The number of nitrogens with two attached hydrogens (primary N) is 1. The second-order valence-electron chi connectivity index (χ2n) is 7.89. The largest absolute Gasteiger partial charge is 0.368 e. The normalized spacial score (nSPS) is 20.5. The van der Waals surface area contributed by atoms with Gasteiger partial charge in [0.25, 0.3) is 0 Å². The van der Waals surface area contributed by atoms with E-state index in [0.29, 0.717) is 28.4 Å². The molecule has 2 unspecified atom stereocenters. The lowest BCUT2D eigenvalue weighted by atomic mass is 9.94. The van der Waals surface area contributed by atoms with Crippen LogP contribution in [-0.4, -0.2) is 40.6 Å². The Morgan fingerprint density at radius 2 is 2.00 bits per heavy atom. The predicted molar refractivity (Wildman–Crippen MR) is 121 cm³/mol. The number of hydrogen-bond acceptors (Lipinski definition) is 8. The van der Waals surface area contributed by atoms with E-state index >= 15 is 0 Å². The molecular formula is C22H24FN7S. The van der Waals surface area contributed by atoms with Crippen molar-refractivity contribution in [2.75, 3.05) is 35.6 Å². The van der Waals surface area contributed by atoms with Gasteiger partial charge >= 0.3 is 0 Å². The molecule has 0 spiro atoms. The first-order valence-electron chi connectivity index (χ1n) is 10.4. The molecule has 4 N–H and O–H groups in total. The van der Waals surface area contributed by atoms with Gasteiger partial charge in [0.2, 0.25) is 5.95 Å². The Morgan fingerprint density at radius 3 is 2.81 bits per heavy atom. The van der Waals surface area contributed by atoms with Gasteiger partial charge in [0, 0.05) is 53.1 Å². The number of hydrogen-bond donors (Lipinski definition) is 3. The molecule has 2 aromatic heterocycles. The number of aromatic nitrogens is 3. The molecule has 2 fully saturated rings. The Balaban J connectivity index is 1.31. The molecule has 0 bridgehead atoms. The highest BCUT2D eigenvalue weighted by molar-refractivity contribution is 7.99. The average Bonchev–Trinajstić information content (AvgIpc) is 3.21. The zero-order chi connectivity index (χ0) is 21.2. The van der Waals surface area contributed by atoms with Gasteiger partial charge in [-0.25, -0.2) is 4.39 Å². The number of nitrogen functional groups attached to an aromatic ring is 1. The molecule has 2 atom stereocenters. The van der Waals surface area contributed by atoms with Crippen molar-refractivity contribution in [2.24, 2.45) is 5.92 Å². The molecule has 4 heterocycles. The van der Waals surface area contributed by atoms with E-state index in [2.05, 4.69) is 30.5 Å². The third-order valence-corrected chi connectivity index (χ3v) is 6.79. The molecule has 9 heteroatoms. The topological polar surface area (TPSA) is 92.0 Å². The Hall–Kier alpha value is -2.91. The van der Waals surface area contributed by atoms with Gasteiger partial charge in [-0.2, -0.15) is 9.97 Å². The van der Waals surface area contributed by atoms with Crippen LogP contribution >= 0.6 is 11.8 Å². The van der Waals surface area contributed by atoms with Crippen molar-refractivity contribution in [1.82, 2.24) is 20.3 Å². The number of pyridine rings is 1. The van der Waals surface area contributed by atoms with Crippen LogP contribution in [-0.2, 0) is 0 Å². The summed E-state index contributed by atoms with van der Waals surface area (Å²) in [6.45, 7) is 2.95. The van der Waals surface area contributed by atoms with Crippen LogP contribution in [0, 0.1) is 11.7 Å². The minimum atomic E-state index is -0.302. The standard InChI is InChI=1S/C22H24FN7S/c23-17-10-15(3-4-19(17)31-16-5-8-25-9-6-16)27-20-11-21(29-22(24)28-20)30-12-14-2-1-7-26-18(14)13-30/h3-6,8-11,14,18,26H,1-2,7,12-13H2,(H3,24,27,28,29). The number of piperidine rings is 1. The van der Waals surface area contributed by atoms with Gasteiger partial charge in [-0.15, -0.1) is 0 Å². The van der Waals surface area contributed by atoms with Crippen LogP contribution in [0.1, 0.15) is 12.8 Å². The highest BCUT2D eigenvalue weighted by Gasteiger charge is 2.35. The summed E-state index contributed by atoms with van der Waals surface area (Å²) in [7, 11) is 0. The Kier molecular flexibility index (Phi) is 5.61. The van der Waals surface area contributed by atoms with Crippen LogP contribution in [0.5, 0.6) is 0 Å². The summed E-state index contributed by atoms with van der Waals surface area (Å²) in [6, 6.07) is 11.1. The van der Waals surface area contributed by atoms with E-state index in [-0.39, 0.29) is 11.8 Å². The summed E-state index contributed by atoms with van der Waals surface area (Å²) in [5.41, 5.74) is 6.59. The zero-order valence-electron chi connectivity index (χ0n) is 17.0. The first-order chi connectivity index (χ1) is 15.1. The van der Waals surface area contributed by atoms with E-state index in [4.69, 9.17) is 5.73 Å². The van der Waals surface area contributed by atoms with Crippen molar-refractivity contribution in [3.05, 3.63) is 54.6 Å². The molecule has 0 saturated carbocycles. The van der Waals surface area contributed by atoms with Gasteiger partial charge in [0.15, 0.2) is 0 Å². The monoisotopic (exact) mass is 437 g/mol. The summed E-state index contributed by atoms with van der Waals surface area (Å²) >= 11 is 1.36. The Bertz CT molecular complexity index is 1050. The molecule has 31 heavy (non-hydrogen) atoms. The Morgan fingerprint density at radius 1 is 1.13 bits per heavy atom. The molecule has 0 aliphatic carbocycles. The lowest BCUT2D eigenvalue weighted by molar-refractivity contribution is 0.340. The summed E-state index contributed by atoms with van der Waals surface area (Å²) < 4.78 is 14.7. The maximum atomic E-state index is 14.7. The van der Waals surface area contributed by atoms with E-state index in [1.165, 1.54) is 30.7 Å². The molecule has 3 aromatic rings. The van der Waals surface area contributed by atoms with E-state index in [1.807, 2.05) is 24.3 Å². The number of halogens is 1. The van der Waals surface area contributed by atoms with E-state index in [0.717, 1.165) is 30.3 Å². The highest BCUT2D eigenvalue weighted by Crippen LogP contribution is 2.32. The van der Waals surface area contributed by atoms with Crippen LogP contribution in [0.4, 0.5) is 27.7 Å². The zero-order valence-corrected chi connectivity index (χ0v) is 17.8. The highest BCUT2D eigenvalue weighted by atomic mass is 32.2. The third-order valence-electron chi connectivity index (χ3n) is 5.73. The first kappa shape index (κ1) is 20.0. The molecule has 160 valence electrons. The summed E-state index contributed by atoms with van der Waals surface area (Å²) in [5, 5.41) is 6.77. The number of rotatable bonds is 5. The first-order valence-corrected chi connectivity index (χ1v) is 11.2. The maximum Gasteiger partial charge on any atom is 0.223 e. The van der Waals surface area contributed by atoms with Gasteiger partial charge in [-0.3, -0.25) is 4.98 Å². The predicted octanol–water partition coefficient (Wildman–Crippen LogP) is 3.68.